The van der Waals surface area contributed by atoms with Gasteiger partial charge in [0.1, 0.15) is 73.7 Å². The average molecular weight is 1520 g/mol. The maximum Gasteiger partial charge on any atom is 0.335 e. The molecule has 0 radical (unpaired) electrons. The molecule has 106 heavy (non-hydrogen) atoms. The molecule has 0 bridgehead atoms. The van der Waals surface area contributed by atoms with E-state index in [1.54, 1.807) is 6.07 Å². The standard InChI is InChI=1S/C68H106N4O34/c1-45(73)100-41-47-7-11-55(104-67-61(82)58(79)54(77)43-102-67)50(39-47)64(84)70-13-17-90-21-25-94-30-34-97-32-28-93-24-20-89-16-4-6-53(76)52(72-57(78)44-99-36-35-98-37-38-103-69)10-9-49(75)5-3-15-88-19-23-92-27-31-96-33-29-95-26-22-91-18-14-71-65(85)51-40-48(42-101-46(2)74)8-12-56(51)105-68-62(83)59(80)60(81)63(106-68)66(86)87/h7-8,11-12,39-40,52,54,58-63,67-68,77,79-83H,3-6,9-10,13-38,41-44,69H2,1-2H3,(H,70,84)(H,71,85)(H,72,78)(H,86,87)/t52-,54+,58-,59-,60-,61+,62+,63-,67-,68+/m0/s1. The Bertz CT molecular complexity index is 2850. The van der Waals surface area contributed by atoms with Crippen molar-refractivity contribution in [3.63, 3.8) is 0 Å². The van der Waals surface area contributed by atoms with E-state index < -0.39 is 97.0 Å². The summed E-state index contributed by atoms with van der Waals surface area (Å²) >= 11 is 0. The topological polar surface area (TPSA) is 516 Å². The van der Waals surface area contributed by atoms with Gasteiger partial charge in [-0.15, -0.1) is 0 Å². The molecule has 2 aliphatic heterocycles. The molecule has 0 saturated carbocycles. The number of carbonyl (C=O) groups excluding carboxylic acids is 7. The smallest absolute Gasteiger partial charge is 0.335 e. The molecule has 10 atom stereocenters. The van der Waals surface area contributed by atoms with Crippen LogP contribution in [0.5, 0.6) is 11.5 Å². The van der Waals surface area contributed by atoms with Gasteiger partial charge in [0.15, 0.2) is 11.9 Å². The molecule has 2 aromatic rings. The second-order valence-electron chi connectivity index (χ2n) is 23.5. The molecule has 2 heterocycles. The van der Waals surface area contributed by atoms with Crippen LogP contribution in [0.4, 0.5) is 0 Å². The molecule has 4 rings (SSSR count). The van der Waals surface area contributed by atoms with Crippen molar-refractivity contribution in [3.05, 3.63) is 58.7 Å². The van der Waals surface area contributed by atoms with E-state index >= 15 is 0 Å². The predicted molar refractivity (Wildman–Crippen MR) is 361 cm³/mol. The van der Waals surface area contributed by atoms with Crippen LogP contribution in [-0.2, 0) is 123 Å². The number of amides is 3. The SMILES string of the molecule is CC(=O)OCc1ccc(O[C@@H]2O[C@H](C(=O)O)[C@@H](O)[C@H](O)[C@H]2O)c(C(=O)NCCOCCOCCOCCOCCOCCCC(=O)CC[C@H](NC(=O)COCCOCCON)C(=O)CCCOCCOCCOCCOCCOCCNC(=O)c2cc(COC(C)=O)ccc2O[C@@H]2OC[C@@H](O)[C@H](O)[C@H]2O)c1. The molecule has 0 aromatic heterocycles. The Morgan fingerprint density at radius 3 is 1.33 bits per heavy atom. The van der Waals surface area contributed by atoms with Gasteiger partial charge in [-0.1, -0.05) is 12.1 Å². The highest BCUT2D eigenvalue weighted by molar-refractivity contribution is 5.98. The quantitative estimate of drug-likeness (QED) is 0.0180. The molecule has 12 N–H and O–H groups in total. The van der Waals surface area contributed by atoms with Crippen molar-refractivity contribution >= 4 is 47.2 Å². The average Bonchev–Trinajstić information content (AvgIpc) is 0.800. The van der Waals surface area contributed by atoms with Gasteiger partial charge >= 0.3 is 17.9 Å². The van der Waals surface area contributed by atoms with Gasteiger partial charge in [-0.05, 0) is 54.7 Å². The summed E-state index contributed by atoms with van der Waals surface area (Å²) in [4.78, 5) is 104. The number of carboxylic acid groups (broad SMARTS) is 1. The molecular weight excluding hydrogens is 1420 g/mol. The number of carboxylic acids is 1. The molecule has 2 aliphatic rings. The van der Waals surface area contributed by atoms with Crippen LogP contribution in [0, 0.1) is 0 Å². The van der Waals surface area contributed by atoms with Crippen molar-refractivity contribution in [2.45, 2.75) is 127 Å². The van der Waals surface area contributed by atoms with Crippen LogP contribution in [0.2, 0.25) is 0 Å². The van der Waals surface area contributed by atoms with Crippen molar-refractivity contribution in [2.24, 2.45) is 5.90 Å². The zero-order valence-corrected chi connectivity index (χ0v) is 59.9. The lowest BCUT2D eigenvalue weighted by Gasteiger charge is -2.38. The highest BCUT2D eigenvalue weighted by Crippen LogP contribution is 2.29. The summed E-state index contributed by atoms with van der Waals surface area (Å²) in [5.41, 5.74) is 0.824. The van der Waals surface area contributed by atoms with Gasteiger partial charge in [-0.25, -0.2) is 10.7 Å². The molecule has 0 spiro atoms. The molecule has 0 unspecified atom stereocenters. The first-order chi connectivity index (χ1) is 51.2. The van der Waals surface area contributed by atoms with Crippen LogP contribution in [0.15, 0.2) is 36.4 Å². The summed E-state index contributed by atoms with van der Waals surface area (Å²) in [5.74, 6) is 0.0160. The minimum Gasteiger partial charge on any atom is -0.479 e. The Morgan fingerprint density at radius 2 is 0.887 bits per heavy atom. The number of nitrogens with one attached hydrogen (secondary N) is 3. The first-order valence-electron chi connectivity index (χ1n) is 34.8. The van der Waals surface area contributed by atoms with Gasteiger partial charge in [-0.3, -0.25) is 33.6 Å². The molecular formula is C68H106N4O34. The molecule has 602 valence electrons. The molecule has 2 fully saturated rings. The van der Waals surface area contributed by atoms with Crippen molar-refractivity contribution in [3.8, 4) is 11.5 Å². The van der Waals surface area contributed by atoms with E-state index in [4.69, 9.17) is 91.2 Å². The van der Waals surface area contributed by atoms with E-state index in [1.807, 2.05) is 0 Å². The number of hydrogen-bond donors (Lipinski definition) is 11. The Balaban J connectivity index is 0.977. The Hall–Kier alpha value is -6.68. The summed E-state index contributed by atoms with van der Waals surface area (Å²) in [6.45, 7) is 7.62. The molecule has 2 aromatic carbocycles. The highest BCUT2D eigenvalue weighted by Gasteiger charge is 2.48. The highest BCUT2D eigenvalue weighted by atomic mass is 16.7. The summed E-state index contributed by atoms with van der Waals surface area (Å²) in [6, 6.07) is 7.65. The number of aliphatic carboxylic acids is 1. The second kappa shape index (κ2) is 55.7. The van der Waals surface area contributed by atoms with E-state index in [0.717, 1.165) is 0 Å². The first kappa shape index (κ1) is 91.7. The Kier molecular flexibility index (Phi) is 48.2. The number of aliphatic hydroxyl groups is 6. The van der Waals surface area contributed by atoms with Crippen LogP contribution >= 0.6 is 0 Å². The van der Waals surface area contributed by atoms with Crippen molar-refractivity contribution in [1.29, 1.82) is 0 Å². The summed E-state index contributed by atoms with van der Waals surface area (Å²) in [5, 5.41) is 78.3. The molecule has 0 aliphatic carbocycles. The maximum atomic E-state index is 13.3. The van der Waals surface area contributed by atoms with E-state index in [1.165, 1.54) is 44.2 Å². The number of ether oxygens (including phenoxy) is 18. The van der Waals surface area contributed by atoms with Gasteiger partial charge in [0.2, 0.25) is 18.5 Å². The van der Waals surface area contributed by atoms with Crippen LogP contribution in [0.1, 0.15) is 84.2 Å². The van der Waals surface area contributed by atoms with Gasteiger partial charge < -0.3 is 142 Å². The fraction of sp³-hybridized carbons (Fsp3) is 0.706. The monoisotopic (exact) mass is 1520 g/mol. The zero-order valence-electron chi connectivity index (χ0n) is 59.9. The lowest BCUT2D eigenvalue weighted by Crippen LogP contribution is -2.61. The molecule has 38 heteroatoms. The maximum absolute atomic E-state index is 13.3. The minimum absolute atomic E-state index is 0.0168. The third-order valence-electron chi connectivity index (χ3n) is 15.1. The van der Waals surface area contributed by atoms with Crippen LogP contribution < -0.4 is 31.3 Å². The number of rotatable bonds is 62. The molecule has 3 amide bonds. The number of nitrogens with two attached hydrogens (primary N) is 1. The summed E-state index contributed by atoms with van der Waals surface area (Å²) < 4.78 is 98.1. The fourth-order valence-corrected chi connectivity index (χ4v) is 9.54. The fourth-order valence-electron chi connectivity index (χ4n) is 9.54. The van der Waals surface area contributed by atoms with Crippen molar-refractivity contribution < 1.29 is 164 Å². The third-order valence-corrected chi connectivity index (χ3v) is 15.1. The number of aliphatic hydroxyl groups excluding tert-OH is 6. The lowest BCUT2D eigenvalue weighted by atomic mass is 9.99. The number of Topliss-reactive ketones (excluding diaryl/α,β-unsaturated/α-hetero) is 2. The van der Waals surface area contributed by atoms with Crippen molar-refractivity contribution in [2.75, 3.05) is 185 Å². The summed E-state index contributed by atoms with van der Waals surface area (Å²) in [6.07, 6.45) is -14.1. The number of benzene rings is 2. The molecule has 38 nitrogen and oxygen atoms in total. The van der Waals surface area contributed by atoms with Gasteiger partial charge in [0.05, 0.1) is 169 Å². The van der Waals surface area contributed by atoms with E-state index in [2.05, 4.69) is 20.8 Å². The largest absolute Gasteiger partial charge is 0.479 e. The minimum atomic E-state index is -1.95. The Labute approximate surface area is 613 Å². The lowest BCUT2D eigenvalue weighted by molar-refractivity contribution is -0.271. The first-order valence-corrected chi connectivity index (χ1v) is 34.8. The third kappa shape index (κ3) is 38.9. The normalized spacial score (nSPS) is 19.6. The van der Waals surface area contributed by atoms with Crippen LogP contribution in [0.3, 0.4) is 0 Å². The van der Waals surface area contributed by atoms with Crippen molar-refractivity contribution in [1.82, 2.24) is 16.0 Å². The predicted octanol–water partition coefficient (Wildman–Crippen LogP) is -2.89. The number of carbonyl (C=O) groups is 8. The summed E-state index contributed by atoms with van der Waals surface area (Å²) in [7, 11) is 0. The van der Waals surface area contributed by atoms with Gasteiger partial charge in [0, 0.05) is 59.4 Å². The van der Waals surface area contributed by atoms with Gasteiger partial charge in [-0.2, -0.15) is 0 Å². The van der Waals surface area contributed by atoms with E-state index in [0.29, 0.717) is 76.8 Å². The van der Waals surface area contributed by atoms with E-state index in [-0.39, 0.29) is 205 Å². The zero-order chi connectivity index (χ0) is 77.1. The second-order valence-corrected chi connectivity index (χ2v) is 23.5. The van der Waals surface area contributed by atoms with Crippen LogP contribution in [-0.4, -0.2) is 329 Å². The number of ketones is 2. The molecule has 2 saturated heterocycles. The number of esters is 2. The van der Waals surface area contributed by atoms with Gasteiger partial charge in [0.25, 0.3) is 11.8 Å². The number of hydrogen-bond acceptors (Lipinski definition) is 34. The van der Waals surface area contributed by atoms with E-state index in [9.17, 15) is 74.1 Å². The Morgan fingerprint density at radius 1 is 0.481 bits per heavy atom. The van der Waals surface area contributed by atoms with Crippen LogP contribution in [0.25, 0.3) is 0 Å².